The number of hydrogen-bond donors (Lipinski definition) is 1. The molecule has 0 bridgehead atoms. The first-order chi connectivity index (χ1) is 17.3. The Kier molecular flexibility index (Phi) is 6.04. The summed E-state index contributed by atoms with van der Waals surface area (Å²) in [5, 5.41) is 3.22. The minimum Gasteiger partial charge on any atom is -0.497 e. The van der Waals surface area contributed by atoms with Crippen LogP contribution in [-0.2, 0) is 9.59 Å². The number of ketones is 1. The summed E-state index contributed by atoms with van der Waals surface area (Å²) >= 11 is 0. The second kappa shape index (κ2) is 9.18. The van der Waals surface area contributed by atoms with Crippen molar-refractivity contribution in [2.75, 3.05) is 17.3 Å². The lowest BCUT2D eigenvalue weighted by Crippen LogP contribution is -2.45. The van der Waals surface area contributed by atoms with Crippen LogP contribution >= 0.6 is 0 Å². The van der Waals surface area contributed by atoms with Crippen molar-refractivity contribution in [3.05, 3.63) is 101 Å². The van der Waals surface area contributed by atoms with Crippen molar-refractivity contribution in [3.63, 3.8) is 0 Å². The van der Waals surface area contributed by atoms with Gasteiger partial charge in [-0.1, -0.05) is 54.6 Å². The van der Waals surface area contributed by atoms with E-state index < -0.39 is 18.1 Å². The normalized spacial score (nSPS) is 19.7. The summed E-state index contributed by atoms with van der Waals surface area (Å²) in [5.41, 5.74) is 2.46. The number of benzene rings is 3. The molecular formula is C28H23F3N2O3. The quantitative estimate of drug-likeness (QED) is 0.476. The first-order valence-electron chi connectivity index (χ1n) is 11.5. The highest BCUT2D eigenvalue weighted by Crippen LogP contribution is 2.48. The minimum atomic E-state index is -5.13. The monoisotopic (exact) mass is 492 g/mol. The van der Waals surface area contributed by atoms with Crippen LogP contribution in [0, 0.1) is 0 Å². The largest absolute Gasteiger partial charge is 0.497 e. The van der Waals surface area contributed by atoms with E-state index in [4.69, 9.17) is 4.74 Å². The van der Waals surface area contributed by atoms with Crippen LogP contribution in [0.1, 0.15) is 35.9 Å². The topological polar surface area (TPSA) is 58.6 Å². The van der Waals surface area contributed by atoms with Crippen LogP contribution in [0.15, 0.2) is 90.1 Å². The van der Waals surface area contributed by atoms with Gasteiger partial charge in [-0.25, -0.2) is 0 Å². The maximum atomic E-state index is 13.9. The number of carbonyl (C=O) groups is 2. The predicted octanol–water partition coefficient (Wildman–Crippen LogP) is 6.16. The van der Waals surface area contributed by atoms with Crippen molar-refractivity contribution in [1.82, 2.24) is 0 Å². The molecule has 1 aliphatic heterocycles. The van der Waals surface area contributed by atoms with E-state index in [0.717, 1.165) is 5.56 Å². The second-order valence-corrected chi connectivity index (χ2v) is 8.82. The molecule has 1 amide bonds. The van der Waals surface area contributed by atoms with Gasteiger partial charge in [0.1, 0.15) is 5.75 Å². The third-order valence-corrected chi connectivity index (χ3v) is 6.65. The zero-order chi connectivity index (χ0) is 25.4. The summed E-state index contributed by atoms with van der Waals surface area (Å²) in [7, 11) is 1.57. The SMILES string of the molecule is COc1ccc([C@H]2CC(=O)C3=C(C2)Nc2ccccc2N(C(=O)C(F)(F)F)[C@@H]3c2ccccc2)cc1. The summed E-state index contributed by atoms with van der Waals surface area (Å²) in [4.78, 5) is 27.3. The van der Waals surface area contributed by atoms with Crippen LogP contribution in [0.3, 0.4) is 0 Å². The number of para-hydroxylation sites is 2. The zero-order valence-electron chi connectivity index (χ0n) is 19.4. The maximum Gasteiger partial charge on any atom is 0.471 e. The summed E-state index contributed by atoms with van der Waals surface area (Å²) in [6, 6.07) is 20.9. The Morgan fingerprint density at radius 2 is 1.58 bits per heavy atom. The van der Waals surface area contributed by atoms with Gasteiger partial charge in [0, 0.05) is 17.7 Å². The van der Waals surface area contributed by atoms with Gasteiger partial charge in [-0.15, -0.1) is 0 Å². The molecule has 5 rings (SSSR count). The van der Waals surface area contributed by atoms with E-state index in [1.54, 1.807) is 55.6 Å². The number of anilines is 2. The molecule has 1 heterocycles. The number of nitrogens with zero attached hydrogens (tertiary/aromatic N) is 1. The molecule has 0 saturated carbocycles. The molecule has 3 aromatic rings. The lowest BCUT2D eigenvalue weighted by Gasteiger charge is -2.35. The number of rotatable bonds is 3. The fourth-order valence-corrected chi connectivity index (χ4v) is 5.01. The molecule has 5 nitrogen and oxygen atoms in total. The van der Waals surface area contributed by atoms with Crippen molar-refractivity contribution < 1.29 is 27.5 Å². The molecular weight excluding hydrogens is 469 g/mol. The van der Waals surface area contributed by atoms with Gasteiger partial charge in [-0.05, 0) is 47.7 Å². The molecule has 0 unspecified atom stereocenters. The number of methoxy groups -OCH3 is 1. The van der Waals surface area contributed by atoms with Gasteiger partial charge >= 0.3 is 12.1 Å². The van der Waals surface area contributed by atoms with Crippen molar-refractivity contribution >= 4 is 23.1 Å². The van der Waals surface area contributed by atoms with E-state index in [1.807, 2.05) is 24.3 Å². The van der Waals surface area contributed by atoms with E-state index in [-0.39, 0.29) is 29.4 Å². The lowest BCUT2D eigenvalue weighted by atomic mass is 9.78. The first kappa shape index (κ1) is 23.7. The minimum absolute atomic E-state index is 0.0666. The van der Waals surface area contributed by atoms with Gasteiger partial charge in [0.15, 0.2) is 5.78 Å². The number of hydrogen-bond acceptors (Lipinski definition) is 4. The van der Waals surface area contributed by atoms with E-state index >= 15 is 0 Å². The summed E-state index contributed by atoms with van der Waals surface area (Å²) < 4.78 is 46.9. The summed E-state index contributed by atoms with van der Waals surface area (Å²) in [6.45, 7) is 0. The Hall–Kier alpha value is -4.07. The van der Waals surface area contributed by atoms with E-state index in [0.29, 0.717) is 34.0 Å². The average molecular weight is 492 g/mol. The summed E-state index contributed by atoms with van der Waals surface area (Å²) in [6.07, 6.45) is -4.62. The predicted molar refractivity (Wildman–Crippen MR) is 130 cm³/mol. The molecule has 1 N–H and O–H groups in total. The number of Topliss-reactive ketones (excluding diaryl/α,β-unsaturated/α-hetero) is 1. The number of amides is 1. The standard InChI is InChI=1S/C28H23F3N2O3/c1-36-20-13-11-17(12-14-20)19-15-22-25(24(34)16-19)26(18-7-3-2-4-8-18)33(27(35)28(29,30)31)23-10-6-5-9-21(23)32-22/h2-14,19,26,32H,15-16H2,1H3/t19-,26-/m1/s1. The van der Waals surface area contributed by atoms with E-state index in [2.05, 4.69) is 5.32 Å². The molecule has 3 aromatic carbocycles. The molecule has 0 saturated heterocycles. The van der Waals surface area contributed by atoms with Gasteiger partial charge < -0.3 is 10.1 Å². The Morgan fingerprint density at radius 3 is 2.25 bits per heavy atom. The fourth-order valence-electron chi connectivity index (χ4n) is 5.01. The van der Waals surface area contributed by atoms with Crippen LogP contribution < -0.4 is 15.0 Å². The highest BCUT2D eigenvalue weighted by atomic mass is 19.4. The van der Waals surface area contributed by atoms with E-state index in [9.17, 15) is 22.8 Å². The first-order valence-corrected chi connectivity index (χ1v) is 11.5. The molecule has 0 spiro atoms. The molecule has 2 atom stereocenters. The number of nitrogens with one attached hydrogen (secondary N) is 1. The van der Waals surface area contributed by atoms with Crippen molar-refractivity contribution in [1.29, 1.82) is 0 Å². The number of alkyl halides is 3. The highest BCUT2D eigenvalue weighted by Gasteiger charge is 2.49. The van der Waals surface area contributed by atoms with Gasteiger partial charge in [-0.2, -0.15) is 13.2 Å². The molecule has 8 heteroatoms. The molecule has 0 radical (unpaired) electrons. The number of allylic oxidation sites excluding steroid dienone is 1. The second-order valence-electron chi connectivity index (χ2n) is 8.82. The van der Waals surface area contributed by atoms with Crippen LogP contribution in [-0.4, -0.2) is 25.0 Å². The Bertz CT molecular complexity index is 1330. The molecule has 1 aliphatic carbocycles. The Morgan fingerprint density at radius 1 is 0.917 bits per heavy atom. The lowest BCUT2D eigenvalue weighted by molar-refractivity contribution is -0.170. The highest BCUT2D eigenvalue weighted by molar-refractivity contribution is 6.07. The number of fused-ring (bicyclic) bond motifs is 1. The molecule has 0 aromatic heterocycles. The molecule has 184 valence electrons. The van der Waals surface area contributed by atoms with Crippen molar-refractivity contribution in [2.45, 2.75) is 31.0 Å². The number of halogens is 3. The number of carbonyl (C=O) groups excluding carboxylic acids is 2. The zero-order valence-corrected chi connectivity index (χ0v) is 19.4. The third-order valence-electron chi connectivity index (χ3n) is 6.65. The van der Waals surface area contributed by atoms with Crippen molar-refractivity contribution in [2.24, 2.45) is 0 Å². The number of ether oxygens (including phenoxy) is 1. The maximum absolute atomic E-state index is 13.9. The summed E-state index contributed by atoms with van der Waals surface area (Å²) in [5.74, 6) is -1.81. The van der Waals surface area contributed by atoms with Gasteiger partial charge in [0.2, 0.25) is 0 Å². The average Bonchev–Trinajstić information content (AvgIpc) is 3.02. The van der Waals surface area contributed by atoms with Gasteiger partial charge in [0.25, 0.3) is 0 Å². The van der Waals surface area contributed by atoms with E-state index in [1.165, 1.54) is 6.07 Å². The van der Waals surface area contributed by atoms with Crippen LogP contribution in [0.25, 0.3) is 0 Å². The Labute approximate surface area is 206 Å². The fraction of sp³-hybridized carbons (Fsp3) is 0.214. The molecule has 36 heavy (non-hydrogen) atoms. The molecule has 2 aliphatic rings. The Balaban J connectivity index is 1.69. The van der Waals surface area contributed by atoms with Gasteiger partial charge in [-0.3, -0.25) is 14.5 Å². The van der Waals surface area contributed by atoms with Crippen LogP contribution in [0.2, 0.25) is 0 Å². The van der Waals surface area contributed by atoms with Crippen molar-refractivity contribution in [3.8, 4) is 5.75 Å². The third kappa shape index (κ3) is 4.23. The van der Waals surface area contributed by atoms with Crippen LogP contribution in [0.4, 0.5) is 24.5 Å². The molecule has 0 fully saturated rings. The smallest absolute Gasteiger partial charge is 0.471 e. The van der Waals surface area contributed by atoms with Gasteiger partial charge in [0.05, 0.1) is 24.5 Å². The van der Waals surface area contributed by atoms with Crippen LogP contribution in [0.5, 0.6) is 5.75 Å².